The van der Waals surface area contributed by atoms with Crippen molar-refractivity contribution >= 4 is 58.9 Å². The van der Waals surface area contributed by atoms with Crippen molar-refractivity contribution < 1.29 is 41.3 Å². The predicted octanol–water partition coefficient (Wildman–Crippen LogP) is 5.80. The topological polar surface area (TPSA) is 159 Å². The number of benzene rings is 1. The first-order valence-corrected chi connectivity index (χ1v) is 18.9. The number of rotatable bonds is 18. The van der Waals surface area contributed by atoms with Crippen molar-refractivity contribution in [1.82, 2.24) is 15.3 Å². The third-order valence-electron chi connectivity index (χ3n) is 8.66. The van der Waals surface area contributed by atoms with Crippen molar-refractivity contribution in [1.29, 1.82) is 0 Å². The number of hydroxylamine groups is 2. The molecular weight excluding hydrogens is 648 g/mol. The minimum atomic E-state index is -0.427. The van der Waals surface area contributed by atoms with Crippen LogP contribution in [0.5, 0.6) is 0 Å². The van der Waals surface area contributed by atoms with Crippen LogP contribution in [0, 0.1) is 5.92 Å². The number of nitrogens with one attached hydrogen (secondary N) is 2. The average molecular weight is 705 g/mol. The normalized spacial score (nSPS) is 17.9. The van der Waals surface area contributed by atoms with Gasteiger partial charge in [0.15, 0.2) is 0 Å². The van der Waals surface area contributed by atoms with E-state index in [0.717, 1.165) is 88.5 Å². The summed E-state index contributed by atoms with van der Waals surface area (Å²) in [4.78, 5) is 88.5. The van der Waals surface area contributed by atoms with Crippen LogP contribution in [0.4, 0.5) is 5.69 Å². The number of carbonyl (C=O) groups excluding carboxylic acids is 7. The Kier molecular flexibility index (Phi) is 17.9. The highest BCUT2D eigenvalue weighted by molar-refractivity contribution is 8.00. The molecule has 0 bridgehead atoms. The molecule has 2 N–H and O–H groups in total. The molecule has 1 aromatic carbocycles. The van der Waals surface area contributed by atoms with Gasteiger partial charge >= 0.3 is 5.97 Å². The monoisotopic (exact) mass is 704 g/mol. The van der Waals surface area contributed by atoms with Crippen LogP contribution in [0.25, 0.3) is 0 Å². The largest absolute Gasteiger partial charge is 0.356 e. The molecule has 0 spiro atoms. The molecule has 1 saturated carbocycles. The summed E-state index contributed by atoms with van der Waals surface area (Å²) in [5.74, 6) is -0.591. The van der Waals surface area contributed by atoms with Gasteiger partial charge in [0.1, 0.15) is 0 Å². The van der Waals surface area contributed by atoms with Gasteiger partial charge < -0.3 is 15.5 Å². The molecule has 1 aliphatic carbocycles. The van der Waals surface area contributed by atoms with E-state index in [1.165, 1.54) is 4.90 Å². The van der Waals surface area contributed by atoms with Crippen LogP contribution < -0.4 is 10.6 Å². The second-order valence-corrected chi connectivity index (χ2v) is 13.9. The molecule has 49 heavy (non-hydrogen) atoms. The van der Waals surface area contributed by atoms with Crippen LogP contribution in [0.15, 0.2) is 30.3 Å². The fraction of sp³-hybridized carbons (Fsp3) is 0.639. The lowest BCUT2D eigenvalue weighted by molar-refractivity contribution is -0.201. The van der Waals surface area contributed by atoms with E-state index in [1.807, 2.05) is 37.3 Å². The molecule has 2 aliphatic heterocycles. The summed E-state index contributed by atoms with van der Waals surface area (Å²) in [5, 5.41) is 6.04. The third kappa shape index (κ3) is 14.3. The predicted molar refractivity (Wildman–Crippen MR) is 191 cm³/mol. The van der Waals surface area contributed by atoms with Gasteiger partial charge in [-0.25, -0.2) is 4.79 Å². The molecule has 2 saturated heterocycles. The maximum absolute atomic E-state index is 12.5. The van der Waals surface area contributed by atoms with Gasteiger partial charge in [0.25, 0.3) is 11.8 Å². The molecule has 1 atom stereocenters. The fourth-order valence-electron chi connectivity index (χ4n) is 5.91. The van der Waals surface area contributed by atoms with Crippen LogP contribution in [0.1, 0.15) is 119 Å². The first kappa shape index (κ1) is 39.7. The Hall–Kier alpha value is -3.74. The standard InChI is InChI=1S/C25H37N3O4S.C11H15NO4.2H2/c1-2-26-22(29)15-10-6-11-17-28-24(31)19-21(25(28)32)33-18-12-4-3-9-16-23(30)27-20-13-7-5-8-14-20;13-9-6-7-10(14)12(9)16-11(15)8-4-2-1-3-5-8;;/h5,7-8,13-14,21H,2-4,6,9-12,15-19H2,1H3,(H,26,29)(H,27,30);8H,1-7H2;2*1H. The lowest BCUT2D eigenvalue weighted by atomic mass is 9.89. The maximum atomic E-state index is 12.5. The number of hydrogen-bond donors (Lipinski definition) is 2. The Bertz CT molecular complexity index is 1270. The van der Waals surface area contributed by atoms with E-state index in [0.29, 0.717) is 37.4 Å². The summed E-state index contributed by atoms with van der Waals surface area (Å²) in [5.41, 5.74) is 0.822. The van der Waals surface area contributed by atoms with Crippen molar-refractivity contribution in [2.24, 2.45) is 5.92 Å². The van der Waals surface area contributed by atoms with Gasteiger partial charge in [-0.1, -0.05) is 56.7 Å². The number of hydrogen-bond acceptors (Lipinski definition) is 9. The van der Waals surface area contributed by atoms with Crippen LogP contribution in [-0.4, -0.2) is 75.5 Å². The highest BCUT2D eigenvalue weighted by Crippen LogP contribution is 2.27. The molecule has 12 nitrogen and oxygen atoms in total. The number of likely N-dealkylation sites (tertiary alicyclic amines) is 1. The molecule has 3 fully saturated rings. The minimum absolute atomic E-state index is 0. The zero-order valence-corrected chi connectivity index (χ0v) is 29.6. The van der Waals surface area contributed by atoms with Gasteiger partial charge in [-0.05, 0) is 63.3 Å². The van der Waals surface area contributed by atoms with Crippen LogP contribution >= 0.6 is 11.8 Å². The summed E-state index contributed by atoms with van der Waals surface area (Å²) in [6.07, 6.45) is 12.5. The lowest BCUT2D eigenvalue weighted by Gasteiger charge is -2.21. The van der Waals surface area contributed by atoms with E-state index < -0.39 is 17.8 Å². The van der Waals surface area contributed by atoms with Gasteiger partial charge in [-0.3, -0.25) is 33.7 Å². The van der Waals surface area contributed by atoms with E-state index in [1.54, 1.807) is 11.8 Å². The number of nitrogens with zero attached hydrogens (tertiary/aromatic N) is 2. The van der Waals surface area contributed by atoms with Crippen molar-refractivity contribution in [3.8, 4) is 0 Å². The fourth-order valence-corrected chi connectivity index (χ4v) is 7.09. The van der Waals surface area contributed by atoms with E-state index >= 15 is 0 Å². The lowest BCUT2D eigenvalue weighted by Crippen LogP contribution is -2.35. The average Bonchev–Trinajstić information content (AvgIpc) is 3.56. The summed E-state index contributed by atoms with van der Waals surface area (Å²) in [7, 11) is 0. The smallest absolute Gasteiger partial charge is 0.336 e. The summed E-state index contributed by atoms with van der Waals surface area (Å²) < 4.78 is 0. The Morgan fingerprint density at radius 1 is 0.816 bits per heavy atom. The Morgan fingerprint density at radius 2 is 1.45 bits per heavy atom. The molecule has 3 aliphatic rings. The molecule has 2 heterocycles. The number of amides is 6. The van der Waals surface area contributed by atoms with Crippen molar-refractivity contribution in [2.75, 3.05) is 24.2 Å². The van der Waals surface area contributed by atoms with E-state index in [9.17, 15) is 33.6 Å². The van der Waals surface area contributed by atoms with Crippen molar-refractivity contribution in [3.05, 3.63) is 30.3 Å². The molecule has 0 aromatic heterocycles. The molecule has 274 valence electrons. The minimum Gasteiger partial charge on any atom is -0.356 e. The van der Waals surface area contributed by atoms with Crippen LogP contribution in [0.3, 0.4) is 0 Å². The zero-order valence-electron chi connectivity index (χ0n) is 28.8. The second kappa shape index (κ2) is 22.1. The zero-order chi connectivity index (χ0) is 35.4. The van der Waals surface area contributed by atoms with E-state index in [2.05, 4.69) is 10.6 Å². The molecule has 1 aromatic rings. The number of unbranched alkanes of at least 4 members (excludes halogenated alkanes) is 5. The molecular formula is C36H56N4O8S. The first-order valence-electron chi connectivity index (χ1n) is 17.8. The third-order valence-corrected chi connectivity index (χ3v) is 9.96. The molecule has 6 amide bonds. The summed E-state index contributed by atoms with van der Waals surface area (Å²) >= 11 is 1.57. The van der Waals surface area contributed by atoms with Crippen LogP contribution in [-0.2, 0) is 38.4 Å². The summed E-state index contributed by atoms with van der Waals surface area (Å²) in [6.45, 7) is 2.99. The van der Waals surface area contributed by atoms with Crippen molar-refractivity contribution in [2.45, 2.75) is 121 Å². The summed E-state index contributed by atoms with van der Waals surface area (Å²) in [6, 6.07) is 9.45. The molecule has 1 unspecified atom stereocenters. The number of thioether (sulfide) groups is 1. The SMILES string of the molecule is CCNC(=O)CCCCCN1C(=O)CC(SCCCCCCC(=O)Nc2ccccc2)C1=O.O=C(ON1C(=O)CCC1=O)C1CCCCC1.[HH].[HH]. The quantitative estimate of drug-likeness (QED) is 0.142. The first-order chi connectivity index (χ1) is 23.7. The van der Waals surface area contributed by atoms with Gasteiger partial charge in [0, 0.05) is 53.7 Å². The number of imide groups is 2. The molecule has 0 radical (unpaired) electrons. The van der Waals surface area contributed by atoms with Gasteiger partial charge in [-0.15, -0.1) is 16.8 Å². The Balaban J connectivity index is 0.000000606. The Labute approximate surface area is 296 Å². The highest BCUT2D eigenvalue weighted by atomic mass is 32.2. The molecule has 4 rings (SSSR count). The number of anilines is 1. The van der Waals surface area contributed by atoms with Crippen LogP contribution in [0.2, 0.25) is 0 Å². The number of para-hydroxylation sites is 1. The van der Waals surface area contributed by atoms with E-state index in [-0.39, 0.29) is 50.5 Å². The second-order valence-electron chi connectivity index (χ2n) is 12.6. The highest BCUT2D eigenvalue weighted by Gasteiger charge is 2.38. The van der Waals surface area contributed by atoms with Gasteiger partial charge in [-0.2, -0.15) is 0 Å². The van der Waals surface area contributed by atoms with E-state index in [4.69, 9.17) is 4.84 Å². The molecule has 13 heteroatoms. The van der Waals surface area contributed by atoms with Gasteiger partial charge in [0.2, 0.25) is 23.6 Å². The number of carbonyl (C=O) groups is 7. The maximum Gasteiger partial charge on any atom is 0.336 e. The van der Waals surface area contributed by atoms with Gasteiger partial charge in [0.05, 0.1) is 11.2 Å². The Morgan fingerprint density at radius 3 is 2.12 bits per heavy atom. The van der Waals surface area contributed by atoms with Crippen molar-refractivity contribution in [3.63, 3.8) is 0 Å².